The van der Waals surface area contributed by atoms with Gasteiger partial charge in [-0.25, -0.2) is 4.79 Å². The van der Waals surface area contributed by atoms with Crippen LogP contribution in [0.25, 0.3) is 10.9 Å². The molecule has 3 aromatic rings. The van der Waals surface area contributed by atoms with Gasteiger partial charge in [-0.15, -0.1) is 0 Å². The number of aliphatic carboxylic acids is 1. The molecule has 4 rings (SSSR count). The summed E-state index contributed by atoms with van der Waals surface area (Å²) in [5, 5.41) is 43.6. The van der Waals surface area contributed by atoms with Crippen molar-refractivity contribution < 1.29 is 34.7 Å². The molecule has 0 saturated carbocycles. The average molecular weight is 470 g/mol. The van der Waals surface area contributed by atoms with E-state index in [9.17, 15) is 24.9 Å². The van der Waals surface area contributed by atoms with Crippen LogP contribution in [-0.2, 0) is 17.6 Å². The smallest absolute Gasteiger partial charge is 0.337 e. The number of rotatable bonds is 8. The summed E-state index contributed by atoms with van der Waals surface area (Å²) in [5.41, 5.74) is 1.46. The van der Waals surface area contributed by atoms with Gasteiger partial charge in [0.15, 0.2) is 17.6 Å². The van der Waals surface area contributed by atoms with E-state index in [0.717, 1.165) is 24.0 Å². The lowest BCUT2D eigenvalue weighted by Crippen LogP contribution is -2.33. The SMILES string of the molecule is COc1cc2c(cc1OC)CC(NCC(O)c1ccc(O)c3[nH]c(=O)c(C(O)C(=O)O)cc13)C2. The van der Waals surface area contributed by atoms with Gasteiger partial charge in [-0.3, -0.25) is 4.79 Å². The summed E-state index contributed by atoms with van der Waals surface area (Å²) in [6, 6.07) is 7.99. The van der Waals surface area contributed by atoms with Crippen LogP contribution in [0.15, 0.2) is 35.1 Å². The number of carbonyl (C=O) groups is 1. The fourth-order valence-corrected chi connectivity index (χ4v) is 4.42. The Morgan fingerprint density at radius 1 is 1.09 bits per heavy atom. The zero-order valence-electron chi connectivity index (χ0n) is 18.7. The van der Waals surface area contributed by atoms with Crippen LogP contribution in [0.5, 0.6) is 17.2 Å². The Hall–Kier alpha value is -3.60. The number of fused-ring (bicyclic) bond motifs is 2. The number of aliphatic hydroxyl groups is 2. The fraction of sp³-hybridized carbons (Fsp3) is 0.333. The summed E-state index contributed by atoms with van der Waals surface area (Å²) in [5.74, 6) is -0.499. The maximum Gasteiger partial charge on any atom is 0.337 e. The van der Waals surface area contributed by atoms with Crippen LogP contribution in [0, 0.1) is 0 Å². The van der Waals surface area contributed by atoms with Gasteiger partial charge in [0.25, 0.3) is 5.56 Å². The number of H-pyrrole nitrogens is 1. The predicted molar refractivity (Wildman–Crippen MR) is 123 cm³/mol. The van der Waals surface area contributed by atoms with Crippen molar-refractivity contribution in [1.82, 2.24) is 10.3 Å². The van der Waals surface area contributed by atoms with Crippen LogP contribution in [0.4, 0.5) is 0 Å². The molecule has 34 heavy (non-hydrogen) atoms. The zero-order chi connectivity index (χ0) is 24.6. The monoisotopic (exact) mass is 470 g/mol. The number of hydrogen-bond donors (Lipinski definition) is 6. The maximum absolute atomic E-state index is 12.2. The molecule has 1 aliphatic carbocycles. The van der Waals surface area contributed by atoms with E-state index in [-0.39, 0.29) is 34.8 Å². The van der Waals surface area contributed by atoms with Crippen LogP contribution in [0.1, 0.15) is 34.5 Å². The minimum absolute atomic E-state index is 0.0513. The van der Waals surface area contributed by atoms with Crippen molar-refractivity contribution >= 4 is 16.9 Å². The number of methoxy groups -OCH3 is 2. The van der Waals surface area contributed by atoms with Gasteiger partial charge in [0, 0.05) is 18.0 Å². The highest BCUT2D eigenvalue weighted by Gasteiger charge is 2.26. The van der Waals surface area contributed by atoms with Crippen molar-refractivity contribution in [2.75, 3.05) is 20.8 Å². The number of aromatic amines is 1. The third-order valence-electron chi connectivity index (χ3n) is 6.18. The molecule has 10 nitrogen and oxygen atoms in total. The lowest BCUT2D eigenvalue weighted by Gasteiger charge is -2.19. The first-order valence-electron chi connectivity index (χ1n) is 10.7. The van der Waals surface area contributed by atoms with E-state index in [1.54, 1.807) is 14.2 Å². The van der Waals surface area contributed by atoms with Crippen LogP contribution < -0.4 is 20.3 Å². The molecule has 1 heterocycles. The van der Waals surface area contributed by atoms with Crippen LogP contribution in [0.2, 0.25) is 0 Å². The number of carboxylic acids is 1. The number of phenols is 1. The van der Waals surface area contributed by atoms with Gasteiger partial charge < -0.3 is 40.2 Å². The van der Waals surface area contributed by atoms with Crippen molar-refractivity contribution in [1.29, 1.82) is 0 Å². The molecule has 0 bridgehead atoms. The zero-order valence-corrected chi connectivity index (χ0v) is 18.7. The molecule has 0 amide bonds. The Bertz CT molecular complexity index is 1270. The quantitative estimate of drug-likeness (QED) is 0.284. The minimum Gasteiger partial charge on any atom is -0.506 e. The number of nitrogens with one attached hydrogen (secondary N) is 2. The molecule has 2 unspecified atom stereocenters. The average Bonchev–Trinajstić information content (AvgIpc) is 3.23. The number of carboxylic acid groups (broad SMARTS) is 1. The Kier molecular flexibility index (Phi) is 6.47. The van der Waals surface area contributed by atoms with Crippen molar-refractivity contribution in [2.24, 2.45) is 0 Å². The van der Waals surface area contributed by atoms with Gasteiger partial charge in [0.1, 0.15) is 5.75 Å². The van der Waals surface area contributed by atoms with Crippen LogP contribution in [0.3, 0.4) is 0 Å². The van der Waals surface area contributed by atoms with Crippen molar-refractivity contribution in [3.05, 3.63) is 62.9 Å². The molecular formula is C24H26N2O8. The first-order chi connectivity index (χ1) is 16.2. The first kappa shape index (κ1) is 23.6. The number of aliphatic hydroxyl groups excluding tert-OH is 2. The Morgan fingerprint density at radius 2 is 1.71 bits per heavy atom. The topological polar surface area (TPSA) is 161 Å². The highest BCUT2D eigenvalue weighted by Crippen LogP contribution is 2.35. The maximum atomic E-state index is 12.2. The Labute approximate surface area is 194 Å². The summed E-state index contributed by atoms with van der Waals surface area (Å²) in [7, 11) is 3.17. The molecule has 0 fully saturated rings. The van der Waals surface area contributed by atoms with E-state index in [0.29, 0.717) is 17.1 Å². The normalized spacial score (nSPS) is 15.2. The summed E-state index contributed by atoms with van der Waals surface area (Å²) < 4.78 is 10.7. The molecule has 2 atom stereocenters. The molecule has 0 spiro atoms. The lowest BCUT2D eigenvalue weighted by atomic mass is 9.99. The third kappa shape index (κ3) is 4.30. The molecule has 0 saturated heterocycles. The minimum atomic E-state index is -2.04. The lowest BCUT2D eigenvalue weighted by molar-refractivity contribution is -0.147. The van der Waals surface area contributed by atoms with Gasteiger partial charge in [-0.05, 0) is 53.8 Å². The summed E-state index contributed by atoms with van der Waals surface area (Å²) >= 11 is 0. The van der Waals surface area contributed by atoms with Gasteiger partial charge in [0.05, 0.1) is 31.4 Å². The van der Waals surface area contributed by atoms with Gasteiger partial charge in [0.2, 0.25) is 0 Å². The van der Waals surface area contributed by atoms with Crippen LogP contribution >= 0.6 is 0 Å². The molecular weight excluding hydrogens is 444 g/mol. The van der Waals surface area contributed by atoms with Gasteiger partial charge >= 0.3 is 5.97 Å². The fourth-order valence-electron chi connectivity index (χ4n) is 4.42. The Balaban J connectivity index is 1.56. The van der Waals surface area contributed by atoms with E-state index in [1.165, 1.54) is 18.2 Å². The first-order valence-corrected chi connectivity index (χ1v) is 10.7. The number of aromatic hydroxyl groups is 1. The van der Waals surface area contributed by atoms with E-state index < -0.39 is 23.7 Å². The van der Waals surface area contributed by atoms with Gasteiger partial charge in [-0.2, -0.15) is 0 Å². The molecule has 2 aromatic carbocycles. The van der Waals surface area contributed by atoms with Crippen molar-refractivity contribution in [3.8, 4) is 17.2 Å². The second-order valence-corrected chi connectivity index (χ2v) is 8.26. The third-order valence-corrected chi connectivity index (χ3v) is 6.18. The Morgan fingerprint density at radius 3 is 2.26 bits per heavy atom. The summed E-state index contributed by atoms with van der Waals surface area (Å²) in [4.78, 5) is 25.8. The number of aromatic nitrogens is 1. The molecule has 1 aromatic heterocycles. The van der Waals surface area contributed by atoms with E-state index in [1.807, 2.05) is 12.1 Å². The molecule has 0 aliphatic heterocycles. The highest BCUT2D eigenvalue weighted by molar-refractivity contribution is 5.89. The summed E-state index contributed by atoms with van der Waals surface area (Å²) in [6.45, 7) is 0.169. The van der Waals surface area contributed by atoms with E-state index in [2.05, 4.69) is 10.3 Å². The van der Waals surface area contributed by atoms with Gasteiger partial charge in [-0.1, -0.05) is 6.07 Å². The van der Waals surface area contributed by atoms with Crippen molar-refractivity contribution in [3.63, 3.8) is 0 Å². The molecule has 1 aliphatic rings. The highest BCUT2D eigenvalue weighted by atomic mass is 16.5. The van der Waals surface area contributed by atoms with E-state index >= 15 is 0 Å². The number of phenolic OH excluding ortho intramolecular Hbond substituents is 1. The molecule has 10 heteroatoms. The van der Waals surface area contributed by atoms with Crippen LogP contribution in [-0.4, -0.2) is 58.2 Å². The number of ether oxygens (including phenoxy) is 2. The number of benzene rings is 2. The predicted octanol–water partition coefficient (Wildman–Crippen LogP) is 1.16. The molecule has 180 valence electrons. The standard InChI is InChI=1S/C24H26N2O8/c1-33-19-7-11-5-13(6-12(11)8-20(19)34-2)25-10-18(28)14-3-4-17(27)21-15(14)9-16(23(30)26-21)22(29)24(31)32/h3-4,7-9,13,18,22,25,27-29H,5-6,10H2,1-2H3,(H,26,30)(H,31,32). The van der Waals surface area contributed by atoms with E-state index in [4.69, 9.17) is 14.6 Å². The second-order valence-electron chi connectivity index (χ2n) is 8.26. The van der Waals surface area contributed by atoms with Crippen molar-refractivity contribution in [2.45, 2.75) is 31.1 Å². The summed E-state index contributed by atoms with van der Waals surface area (Å²) in [6.07, 6.45) is -1.59. The number of pyridine rings is 1. The molecule has 0 radical (unpaired) electrons. The second kappa shape index (κ2) is 9.34. The molecule has 6 N–H and O–H groups in total. The number of hydrogen-bond acceptors (Lipinski definition) is 8. The largest absolute Gasteiger partial charge is 0.506 e.